The van der Waals surface area contributed by atoms with Crippen molar-refractivity contribution in [1.82, 2.24) is 25.3 Å². The molecule has 2 heterocycles. The summed E-state index contributed by atoms with van der Waals surface area (Å²) in [5.74, 6) is 1.83. The normalized spacial score (nSPS) is 16.5. The van der Waals surface area contributed by atoms with Gasteiger partial charge in [-0.05, 0) is 63.7 Å². The lowest BCUT2D eigenvalue weighted by atomic mass is 9.99. The Morgan fingerprint density at radius 2 is 1.84 bits per heavy atom. The summed E-state index contributed by atoms with van der Waals surface area (Å²) in [7, 11) is 1.83. The molecule has 0 aliphatic carbocycles. The van der Waals surface area contributed by atoms with Crippen LogP contribution >= 0.6 is 24.0 Å². The molecule has 0 bridgehead atoms. The van der Waals surface area contributed by atoms with E-state index in [1.54, 1.807) is 0 Å². The van der Waals surface area contributed by atoms with E-state index in [1.165, 1.54) is 45.3 Å². The molecule has 0 saturated carbocycles. The van der Waals surface area contributed by atoms with Crippen molar-refractivity contribution >= 4 is 29.9 Å². The van der Waals surface area contributed by atoms with E-state index < -0.39 is 0 Å². The third kappa shape index (κ3) is 9.44. The van der Waals surface area contributed by atoms with Gasteiger partial charge in [0.15, 0.2) is 5.96 Å². The Morgan fingerprint density at radius 1 is 1.12 bits per heavy atom. The van der Waals surface area contributed by atoms with Crippen molar-refractivity contribution in [2.75, 3.05) is 39.8 Å². The highest BCUT2D eigenvalue weighted by molar-refractivity contribution is 14.0. The minimum atomic E-state index is 0. The van der Waals surface area contributed by atoms with Crippen LogP contribution in [0.2, 0.25) is 0 Å². The summed E-state index contributed by atoms with van der Waals surface area (Å²) in [6, 6.07) is 1.96. The fourth-order valence-corrected chi connectivity index (χ4v) is 3.05. The van der Waals surface area contributed by atoms with Crippen LogP contribution in [0.3, 0.4) is 0 Å². The molecule has 0 unspecified atom stereocenters. The molecule has 1 fully saturated rings. The van der Waals surface area contributed by atoms with E-state index in [-0.39, 0.29) is 24.0 Å². The SMILES string of the molecule is CN=C(NCCCCN1CCC(C)CC1)NCCCn1cccn1.I. The summed E-state index contributed by atoms with van der Waals surface area (Å²) < 4.78 is 1.96. The van der Waals surface area contributed by atoms with Crippen molar-refractivity contribution in [1.29, 1.82) is 0 Å². The predicted molar refractivity (Wildman–Crippen MR) is 116 cm³/mol. The maximum Gasteiger partial charge on any atom is 0.190 e. The van der Waals surface area contributed by atoms with Gasteiger partial charge in [-0.15, -0.1) is 24.0 Å². The number of likely N-dealkylation sites (tertiary alicyclic amines) is 1. The summed E-state index contributed by atoms with van der Waals surface area (Å²) in [5.41, 5.74) is 0. The minimum Gasteiger partial charge on any atom is -0.356 e. The number of piperidine rings is 1. The topological polar surface area (TPSA) is 57.5 Å². The molecule has 1 aliphatic heterocycles. The average molecular weight is 462 g/mol. The first-order valence-electron chi connectivity index (χ1n) is 9.42. The van der Waals surface area contributed by atoms with Crippen LogP contribution in [-0.2, 0) is 6.54 Å². The third-order valence-electron chi connectivity index (χ3n) is 4.71. The monoisotopic (exact) mass is 462 g/mol. The molecule has 0 amide bonds. The van der Waals surface area contributed by atoms with Gasteiger partial charge in [-0.2, -0.15) is 5.10 Å². The first-order chi connectivity index (χ1) is 11.8. The highest BCUT2D eigenvalue weighted by Crippen LogP contribution is 2.15. The molecule has 25 heavy (non-hydrogen) atoms. The summed E-state index contributed by atoms with van der Waals surface area (Å²) >= 11 is 0. The van der Waals surface area contributed by atoms with Crippen molar-refractivity contribution in [3.05, 3.63) is 18.5 Å². The van der Waals surface area contributed by atoms with E-state index in [4.69, 9.17) is 0 Å². The largest absolute Gasteiger partial charge is 0.356 e. The maximum absolute atomic E-state index is 4.28. The number of nitrogens with one attached hydrogen (secondary N) is 2. The lowest BCUT2D eigenvalue weighted by Crippen LogP contribution is -2.39. The van der Waals surface area contributed by atoms with E-state index >= 15 is 0 Å². The molecule has 7 heteroatoms. The lowest BCUT2D eigenvalue weighted by molar-refractivity contribution is 0.189. The molecule has 0 spiro atoms. The summed E-state index contributed by atoms with van der Waals surface area (Å²) in [4.78, 5) is 6.89. The van der Waals surface area contributed by atoms with E-state index in [0.717, 1.165) is 37.9 Å². The average Bonchev–Trinajstić information content (AvgIpc) is 3.11. The quantitative estimate of drug-likeness (QED) is 0.256. The van der Waals surface area contributed by atoms with Crippen molar-refractivity contribution in [3.63, 3.8) is 0 Å². The number of halogens is 1. The van der Waals surface area contributed by atoms with Crippen molar-refractivity contribution in [2.45, 2.75) is 45.6 Å². The standard InChI is InChI=1S/C18H34N6.HI/c1-17-7-15-23(16-8-17)12-4-3-9-20-18(19-2)21-10-5-13-24-14-6-11-22-24;/h6,11,14,17H,3-5,7-10,12-13,15-16H2,1-2H3,(H2,19,20,21);1H. The molecule has 2 rings (SSSR count). The van der Waals surface area contributed by atoms with Crippen molar-refractivity contribution in [3.8, 4) is 0 Å². The van der Waals surface area contributed by atoms with Crippen LogP contribution < -0.4 is 10.6 Å². The van der Waals surface area contributed by atoms with Gasteiger partial charge < -0.3 is 15.5 Å². The Bertz CT molecular complexity index is 454. The van der Waals surface area contributed by atoms with Crippen LogP contribution in [0.5, 0.6) is 0 Å². The molecule has 1 aliphatic rings. The molecular weight excluding hydrogens is 427 g/mol. The second-order valence-corrected chi connectivity index (χ2v) is 6.78. The molecule has 1 aromatic heterocycles. The number of aromatic nitrogens is 2. The van der Waals surface area contributed by atoms with Gasteiger partial charge in [0.1, 0.15) is 0 Å². The first-order valence-corrected chi connectivity index (χ1v) is 9.42. The molecule has 0 radical (unpaired) electrons. The summed E-state index contributed by atoms with van der Waals surface area (Å²) in [6.45, 7) is 9.02. The van der Waals surface area contributed by atoms with Gasteiger partial charge in [0.05, 0.1) is 0 Å². The number of aryl methyl sites for hydroxylation is 1. The lowest BCUT2D eigenvalue weighted by Gasteiger charge is -2.30. The molecule has 0 aromatic carbocycles. The van der Waals surface area contributed by atoms with Crippen LogP contribution in [0.15, 0.2) is 23.5 Å². The molecule has 2 N–H and O–H groups in total. The number of rotatable bonds is 9. The second kappa shape index (κ2) is 13.4. The predicted octanol–water partition coefficient (Wildman–Crippen LogP) is 2.57. The van der Waals surface area contributed by atoms with Crippen LogP contribution in [-0.4, -0.2) is 60.4 Å². The Kier molecular flexibility index (Phi) is 11.9. The number of unbranched alkanes of at least 4 members (excludes halogenated alkanes) is 1. The van der Waals surface area contributed by atoms with Gasteiger partial charge in [-0.1, -0.05) is 6.92 Å². The number of guanidine groups is 1. The highest BCUT2D eigenvalue weighted by atomic mass is 127. The molecule has 6 nitrogen and oxygen atoms in total. The first kappa shape index (κ1) is 22.2. The third-order valence-corrected chi connectivity index (χ3v) is 4.71. The zero-order valence-corrected chi connectivity index (χ0v) is 18.1. The molecular formula is C18H35IN6. The van der Waals surface area contributed by atoms with Gasteiger partial charge in [0.2, 0.25) is 0 Å². The van der Waals surface area contributed by atoms with E-state index in [1.807, 2.05) is 30.2 Å². The maximum atomic E-state index is 4.28. The van der Waals surface area contributed by atoms with E-state index in [2.05, 4.69) is 32.5 Å². The zero-order chi connectivity index (χ0) is 17.0. The second-order valence-electron chi connectivity index (χ2n) is 6.78. The van der Waals surface area contributed by atoms with Gasteiger partial charge in [0.25, 0.3) is 0 Å². The fraction of sp³-hybridized carbons (Fsp3) is 0.778. The van der Waals surface area contributed by atoms with E-state index in [9.17, 15) is 0 Å². The minimum absolute atomic E-state index is 0. The zero-order valence-electron chi connectivity index (χ0n) is 15.8. The van der Waals surface area contributed by atoms with Crippen molar-refractivity contribution < 1.29 is 0 Å². The van der Waals surface area contributed by atoms with Crippen LogP contribution in [0.4, 0.5) is 0 Å². The molecule has 0 atom stereocenters. The fourth-order valence-electron chi connectivity index (χ4n) is 3.05. The number of hydrogen-bond donors (Lipinski definition) is 2. The van der Waals surface area contributed by atoms with Crippen LogP contribution in [0.1, 0.15) is 39.0 Å². The molecule has 1 aromatic rings. The van der Waals surface area contributed by atoms with Crippen molar-refractivity contribution in [2.24, 2.45) is 10.9 Å². The Balaban J connectivity index is 0.00000312. The van der Waals surface area contributed by atoms with Crippen LogP contribution in [0, 0.1) is 5.92 Å². The highest BCUT2D eigenvalue weighted by Gasteiger charge is 2.14. The number of nitrogens with zero attached hydrogens (tertiary/aromatic N) is 4. The van der Waals surface area contributed by atoms with Gasteiger partial charge in [0, 0.05) is 39.1 Å². The van der Waals surface area contributed by atoms with Gasteiger partial charge in [-0.3, -0.25) is 9.67 Å². The smallest absolute Gasteiger partial charge is 0.190 e. The Morgan fingerprint density at radius 3 is 2.48 bits per heavy atom. The van der Waals surface area contributed by atoms with E-state index in [0.29, 0.717) is 0 Å². The summed E-state index contributed by atoms with van der Waals surface area (Å²) in [6.07, 6.45) is 10.0. The number of aliphatic imine (C=N–C) groups is 1. The Labute approximate surface area is 169 Å². The number of hydrogen-bond acceptors (Lipinski definition) is 3. The summed E-state index contributed by atoms with van der Waals surface area (Å²) in [5, 5.41) is 11.0. The Hall–Kier alpha value is -0.830. The van der Waals surface area contributed by atoms with Crippen LogP contribution in [0.25, 0.3) is 0 Å². The van der Waals surface area contributed by atoms with Gasteiger partial charge in [-0.25, -0.2) is 0 Å². The van der Waals surface area contributed by atoms with Gasteiger partial charge >= 0.3 is 0 Å². The molecule has 1 saturated heterocycles. The molecule has 144 valence electrons.